The first-order chi connectivity index (χ1) is 6.74. The van der Waals surface area contributed by atoms with E-state index in [1.807, 2.05) is 0 Å². The predicted molar refractivity (Wildman–Crippen MR) is 58.4 cm³/mol. The number of ether oxygens (including phenoxy) is 1. The SMILES string of the molecule is CCCc1ccc(C2(C)CCO2)cc1. The third kappa shape index (κ3) is 1.69. The van der Waals surface area contributed by atoms with Gasteiger partial charge in [-0.3, -0.25) is 0 Å². The third-order valence-electron chi connectivity index (χ3n) is 3.10. The fourth-order valence-electron chi connectivity index (χ4n) is 1.95. The Kier molecular flexibility index (Phi) is 2.60. The van der Waals surface area contributed by atoms with Gasteiger partial charge in [-0.15, -0.1) is 0 Å². The van der Waals surface area contributed by atoms with Crippen molar-refractivity contribution < 1.29 is 4.74 Å². The van der Waals surface area contributed by atoms with Crippen LogP contribution in [0.2, 0.25) is 0 Å². The highest BCUT2D eigenvalue weighted by Crippen LogP contribution is 2.36. The van der Waals surface area contributed by atoms with E-state index in [0.29, 0.717) is 0 Å². The van der Waals surface area contributed by atoms with E-state index in [0.717, 1.165) is 13.0 Å². The Morgan fingerprint density at radius 2 is 1.93 bits per heavy atom. The maximum absolute atomic E-state index is 5.60. The first kappa shape index (κ1) is 9.72. The molecule has 2 rings (SSSR count). The molecular weight excluding hydrogens is 172 g/mol. The Balaban J connectivity index is 2.13. The van der Waals surface area contributed by atoms with Gasteiger partial charge in [0, 0.05) is 6.42 Å². The van der Waals surface area contributed by atoms with Crippen molar-refractivity contribution in [1.29, 1.82) is 0 Å². The van der Waals surface area contributed by atoms with Gasteiger partial charge in [0.2, 0.25) is 0 Å². The molecule has 1 fully saturated rings. The molecule has 0 aliphatic carbocycles. The minimum absolute atomic E-state index is 0.00471. The van der Waals surface area contributed by atoms with E-state index in [-0.39, 0.29) is 5.60 Å². The summed E-state index contributed by atoms with van der Waals surface area (Å²) in [6, 6.07) is 8.88. The van der Waals surface area contributed by atoms with Gasteiger partial charge in [0.05, 0.1) is 12.2 Å². The summed E-state index contributed by atoms with van der Waals surface area (Å²) in [5, 5.41) is 0. The molecule has 0 bridgehead atoms. The maximum atomic E-state index is 5.60. The summed E-state index contributed by atoms with van der Waals surface area (Å²) in [6.07, 6.45) is 3.55. The second kappa shape index (κ2) is 3.74. The first-order valence-electron chi connectivity index (χ1n) is 5.48. The molecule has 0 aromatic heterocycles. The summed E-state index contributed by atoms with van der Waals surface area (Å²) in [5.74, 6) is 0. The molecule has 1 saturated heterocycles. The van der Waals surface area contributed by atoms with Crippen LogP contribution < -0.4 is 0 Å². The van der Waals surface area contributed by atoms with E-state index in [4.69, 9.17) is 4.74 Å². The molecule has 1 aliphatic rings. The molecule has 1 aromatic carbocycles. The zero-order valence-corrected chi connectivity index (χ0v) is 9.05. The van der Waals surface area contributed by atoms with Crippen LogP contribution in [0.25, 0.3) is 0 Å². The van der Waals surface area contributed by atoms with E-state index in [1.54, 1.807) is 0 Å². The van der Waals surface area contributed by atoms with Crippen LogP contribution >= 0.6 is 0 Å². The predicted octanol–water partition coefficient (Wildman–Crippen LogP) is 3.27. The molecule has 1 aliphatic heterocycles. The zero-order chi connectivity index (χ0) is 10.0. The second-order valence-electron chi connectivity index (χ2n) is 4.28. The van der Waals surface area contributed by atoms with E-state index in [1.165, 1.54) is 24.0 Å². The topological polar surface area (TPSA) is 9.23 Å². The Bertz CT molecular complexity index is 296. The molecule has 0 amide bonds. The molecule has 76 valence electrons. The van der Waals surface area contributed by atoms with Crippen molar-refractivity contribution in [3.63, 3.8) is 0 Å². The lowest BCUT2D eigenvalue weighted by molar-refractivity contribution is -0.140. The van der Waals surface area contributed by atoms with Crippen molar-refractivity contribution >= 4 is 0 Å². The molecular formula is C13H18O. The lowest BCUT2D eigenvalue weighted by Crippen LogP contribution is -2.37. The van der Waals surface area contributed by atoms with Gasteiger partial charge < -0.3 is 4.74 Å². The summed E-state index contributed by atoms with van der Waals surface area (Å²) in [6.45, 7) is 5.29. The van der Waals surface area contributed by atoms with E-state index in [2.05, 4.69) is 38.1 Å². The lowest BCUT2D eigenvalue weighted by atomic mass is 9.88. The van der Waals surface area contributed by atoms with Crippen molar-refractivity contribution in [2.24, 2.45) is 0 Å². The summed E-state index contributed by atoms with van der Waals surface area (Å²) < 4.78 is 5.60. The van der Waals surface area contributed by atoms with Crippen molar-refractivity contribution in [1.82, 2.24) is 0 Å². The van der Waals surface area contributed by atoms with E-state index < -0.39 is 0 Å². The van der Waals surface area contributed by atoms with Gasteiger partial charge in [0.1, 0.15) is 0 Å². The largest absolute Gasteiger partial charge is 0.370 e. The van der Waals surface area contributed by atoms with Crippen LogP contribution in [0.4, 0.5) is 0 Å². The average molecular weight is 190 g/mol. The molecule has 0 N–H and O–H groups in total. The monoisotopic (exact) mass is 190 g/mol. The fraction of sp³-hybridized carbons (Fsp3) is 0.538. The van der Waals surface area contributed by atoms with Gasteiger partial charge in [-0.2, -0.15) is 0 Å². The van der Waals surface area contributed by atoms with Crippen LogP contribution in [0, 0.1) is 0 Å². The summed E-state index contributed by atoms with van der Waals surface area (Å²) in [4.78, 5) is 0. The average Bonchev–Trinajstić information content (AvgIpc) is 2.16. The molecule has 14 heavy (non-hydrogen) atoms. The molecule has 1 heteroatoms. The van der Waals surface area contributed by atoms with E-state index in [9.17, 15) is 0 Å². The van der Waals surface area contributed by atoms with Gasteiger partial charge in [0.25, 0.3) is 0 Å². The van der Waals surface area contributed by atoms with Crippen LogP contribution in [0.3, 0.4) is 0 Å². The fourth-order valence-corrected chi connectivity index (χ4v) is 1.95. The molecule has 1 aromatic rings. The van der Waals surface area contributed by atoms with Crippen molar-refractivity contribution in [3.8, 4) is 0 Å². The van der Waals surface area contributed by atoms with Crippen molar-refractivity contribution in [2.75, 3.05) is 6.61 Å². The van der Waals surface area contributed by atoms with Crippen LogP contribution in [-0.2, 0) is 16.8 Å². The number of hydrogen-bond acceptors (Lipinski definition) is 1. The molecule has 1 unspecified atom stereocenters. The van der Waals surface area contributed by atoms with Crippen molar-refractivity contribution in [2.45, 2.75) is 38.7 Å². The molecule has 1 atom stereocenters. The lowest BCUT2D eigenvalue weighted by Gasteiger charge is -2.39. The second-order valence-corrected chi connectivity index (χ2v) is 4.28. The minimum atomic E-state index is 0.00471. The highest BCUT2D eigenvalue weighted by atomic mass is 16.5. The number of aryl methyl sites for hydroxylation is 1. The number of hydrogen-bond donors (Lipinski definition) is 0. The normalized spacial score (nSPS) is 25.9. The number of rotatable bonds is 3. The third-order valence-corrected chi connectivity index (χ3v) is 3.10. The Morgan fingerprint density at radius 3 is 2.36 bits per heavy atom. The maximum Gasteiger partial charge on any atom is 0.0925 e. The van der Waals surface area contributed by atoms with Crippen molar-refractivity contribution in [3.05, 3.63) is 35.4 Å². The summed E-state index contributed by atoms with van der Waals surface area (Å²) in [5.41, 5.74) is 2.76. The van der Waals surface area contributed by atoms with Gasteiger partial charge >= 0.3 is 0 Å². The van der Waals surface area contributed by atoms with Crippen LogP contribution in [-0.4, -0.2) is 6.61 Å². The van der Waals surface area contributed by atoms with Crippen LogP contribution in [0.5, 0.6) is 0 Å². The highest BCUT2D eigenvalue weighted by molar-refractivity contribution is 5.28. The summed E-state index contributed by atoms with van der Waals surface area (Å²) in [7, 11) is 0. The van der Waals surface area contributed by atoms with Gasteiger partial charge in [0.15, 0.2) is 0 Å². The molecule has 1 nitrogen and oxygen atoms in total. The zero-order valence-electron chi connectivity index (χ0n) is 9.05. The molecule has 0 radical (unpaired) electrons. The Labute approximate surface area is 86.1 Å². The minimum Gasteiger partial charge on any atom is -0.370 e. The van der Waals surface area contributed by atoms with E-state index >= 15 is 0 Å². The van der Waals surface area contributed by atoms with Crippen LogP contribution in [0.1, 0.15) is 37.8 Å². The molecule has 0 saturated carbocycles. The van der Waals surface area contributed by atoms with Gasteiger partial charge in [-0.1, -0.05) is 37.6 Å². The first-order valence-corrected chi connectivity index (χ1v) is 5.48. The van der Waals surface area contributed by atoms with Gasteiger partial charge in [-0.05, 0) is 24.5 Å². The number of benzene rings is 1. The standard InChI is InChI=1S/C13H18O/c1-3-4-11-5-7-12(8-6-11)13(2)9-10-14-13/h5-8H,3-4,9-10H2,1-2H3. The highest BCUT2D eigenvalue weighted by Gasteiger charge is 2.34. The van der Waals surface area contributed by atoms with Crippen LogP contribution in [0.15, 0.2) is 24.3 Å². The smallest absolute Gasteiger partial charge is 0.0925 e. The van der Waals surface area contributed by atoms with Gasteiger partial charge in [-0.25, -0.2) is 0 Å². The Hall–Kier alpha value is -0.820. The summed E-state index contributed by atoms with van der Waals surface area (Å²) >= 11 is 0. The molecule has 0 spiro atoms. The quantitative estimate of drug-likeness (QED) is 0.710. The molecule has 1 heterocycles. The Morgan fingerprint density at radius 1 is 1.29 bits per heavy atom.